The maximum atomic E-state index is 5.03. The molecule has 0 aliphatic heterocycles. The molecule has 11 aromatic rings. The first-order valence-corrected chi connectivity index (χ1v) is 17.0. The second-order valence-electron chi connectivity index (χ2n) is 13.0. The third-order valence-electron chi connectivity index (χ3n) is 10.3. The summed E-state index contributed by atoms with van der Waals surface area (Å²) < 4.78 is 9.26. The third kappa shape index (κ3) is 3.86. The molecule has 0 aliphatic rings. The second kappa shape index (κ2) is 10.3. The van der Waals surface area contributed by atoms with Crippen LogP contribution in [0.15, 0.2) is 176 Å². The molecule has 5 nitrogen and oxygen atoms in total. The number of rotatable bonds is 4. The molecule has 0 N–H and O–H groups in total. The van der Waals surface area contributed by atoms with Gasteiger partial charge in [0.2, 0.25) is 0 Å². The largest absolute Gasteiger partial charge is 0.316 e. The van der Waals surface area contributed by atoms with Gasteiger partial charge in [0, 0.05) is 68.3 Å². The van der Waals surface area contributed by atoms with Gasteiger partial charge in [0.15, 0.2) is 0 Å². The van der Waals surface area contributed by atoms with E-state index < -0.39 is 0 Å². The molecule has 0 unspecified atom stereocenters. The van der Waals surface area contributed by atoms with Gasteiger partial charge < -0.3 is 13.7 Å². The number of hydrogen-bond donors (Lipinski definition) is 0. The summed E-state index contributed by atoms with van der Waals surface area (Å²) >= 11 is 0. The van der Waals surface area contributed by atoms with Crippen LogP contribution in [0.4, 0.5) is 0 Å². The minimum atomic E-state index is 0.880. The van der Waals surface area contributed by atoms with Gasteiger partial charge in [-0.05, 0) is 78.9 Å². The first kappa shape index (κ1) is 27.1. The van der Waals surface area contributed by atoms with Crippen molar-refractivity contribution < 1.29 is 0 Å². The lowest BCUT2D eigenvalue weighted by atomic mass is 10.1. The molecule has 0 fully saturated rings. The van der Waals surface area contributed by atoms with Crippen LogP contribution in [0.2, 0.25) is 0 Å². The standard InChI is InChI=1S/C45H29N5/c1-3-11-32(12-4-1)47-23-20-30-25-37-35-15-7-9-17-39(35)49(43(37)28-41(30)47)34-19-22-46-45(27-34)50-40-18-10-8-16-36(40)38-26-31-21-24-48(42(31)29-44(38)50)33-13-5-2-6-14-33/h1-29H. The van der Waals surface area contributed by atoms with Crippen molar-refractivity contribution in [3.63, 3.8) is 0 Å². The van der Waals surface area contributed by atoms with Crippen molar-refractivity contribution in [1.29, 1.82) is 0 Å². The van der Waals surface area contributed by atoms with Crippen LogP contribution in [-0.4, -0.2) is 23.3 Å². The fraction of sp³-hybridized carbons (Fsp3) is 0. The zero-order chi connectivity index (χ0) is 32.8. The van der Waals surface area contributed by atoms with Gasteiger partial charge in [0.1, 0.15) is 5.82 Å². The molecule has 0 saturated carbocycles. The molecule has 0 spiro atoms. The molecule has 0 atom stereocenters. The van der Waals surface area contributed by atoms with Crippen LogP contribution < -0.4 is 0 Å². The van der Waals surface area contributed by atoms with Crippen molar-refractivity contribution in [1.82, 2.24) is 23.3 Å². The number of hydrogen-bond acceptors (Lipinski definition) is 1. The number of pyridine rings is 1. The van der Waals surface area contributed by atoms with E-state index in [1.165, 1.54) is 43.4 Å². The molecular weight excluding hydrogens is 611 g/mol. The van der Waals surface area contributed by atoms with Crippen LogP contribution in [0.3, 0.4) is 0 Å². The van der Waals surface area contributed by atoms with Gasteiger partial charge in [0.05, 0.1) is 38.8 Å². The van der Waals surface area contributed by atoms with Gasteiger partial charge in [-0.25, -0.2) is 4.98 Å². The average molecular weight is 640 g/mol. The Kier molecular flexibility index (Phi) is 5.60. The average Bonchev–Trinajstić information content (AvgIpc) is 3.94. The molecule has 6 aromatic carbocycles. The number of aromatic nitrogens is 5. The van der Waals surface area contributed by atoms with Crippen molar-refractivity contribution in [2.24, 2.45) is 0 Å². The predicted octanol–water partition coefficient (Wildman–Crippen LogP) is 11.2. The van der Waals surface area contributed by atoms with E-state index in [4.69, 9.17) is 4.98 Å². The Labute approximate surface area is 287 Å². The molecule has 50 heavy (non-hydrogen) atoms. The topological polar surface area (TPSA) is 32.6 Å². The summed E-state index contributed by atoms with van der Waals surface area (Å²) in [4.78, 5) is 5.03. The van der Waals surface area contributed by atoms with Crippen molar-refractivity contribution in [2.45, 2.75) is 0 Å². The van der Waals surface area contributed by atoms with Crippen LogP contribution in [0.1, 0.15) is 0 Å². The Balaban J connectivity index is 1.17. The SMILES string of the molecule is c1ccc(-n2ccc3cc4c5ccccc5n(-c5ccnc(-n6c7ccccc7c7cc8ccn(-c9ccccc9)c8cc76)c5)c4cc32)cc1. The summed E-state index contributed by atoms with van der Waals surface area (Å²) in [5, 5.41) is 7.32. The van der Waals surface area contributed by atoms with Crippen LogP contribution in [0.5, 0.6) is 0 Å². The molecule has 5 heterocycles. The van der Waals surface area contributed by atoms with Crippen LogP contribution in [0, 0.1) is 0 Å². The molecular formula is C45H29N5. The van der Waals surface area contributed by atoms with E-state index in [1.54, 1.807) is 0 Å². The second-order valence-corrected chi connectivity index (χ2v) is 13.0. The van der Waals surface area contributed by atoms with E-state index in [-0.39, 0.29) is 0 Å². The Bertz CT molecular complexity index is 2880. The zero-order valence-corrected chi connectivity index (χ0v) is 27.0. The fourth-order valence-electron chi connectivity index (χ4n) is 8.02. The molecule has 0 radical (unpaired) electrons. The molecule has 5 heteroatoms. The van der Waals surface area contributed by atoms with E-state index in [1.807, 2.05) is 6.20 Å². The minimum Gasteiger partial charge on any atom is -0.316 e. The summed E-state index contributed by atoms with van der Waals surface area (Å²) in [5.74, 6) is 0.880. The predicted molar refractivity (Wildman–Crippen MR) is 207 cm³/mol. The lowest BCUT2D eigenvalue weighted by molar-refractivity contribution is 1.05. The van der Waals surface area contributed by atoms with Gasteiger partial charge in [0.25, 0.3) is 0 Å². The van der Waals surface area contributed by atoms with Gasteiger partial charge in [-0.3, -0.25) is 4.57 Å². The quantitative estimate of drug-likeness (QED) is 0.189. The van der Waals surface area contributed by atoms with Gasteiger partial charge in [-0.1, -0.05) is 72.8 Å². The minimum absolute atomic E-state index is 0.880. The molecule has 0 bridgehead atoms. The Morgan fingerprint density at radius 2 is 0.840 bits per heavy atom. The highest BCUT2D eigenvalue weighted by Gasteiger charge is 2.19. The Morgan fingerprint density at radius 3 is 1.42 bits per heavy atom. The van der Waals surface area contributed by atoms with Crippen molar-refractivity contribution in [3.8, 4) is 22.9 Å². The highest BCUT2D eigenvalue weighted by Crippen LogP contribution is 2.38. The molecule has 234 valence electrons. The lowest BCUT2D eigenvalue weighted by Gasteiger charge is -2.13. The summed E-state index contributed by atoms with van der Waals surface area (Å²) in [6.07, 6.45) is 6.28. The summed E-state index contributed by atoms with van der Waals surface area (Å²) in [7, 11) is 0. The highest BCUT2D eigenvalue weighted by molar-refractivity contribution is 6.15. The normalized spacial score (nSPS) is 12.0. The zero-order valence-electron chi connectivity index (χ0n) is 27.0. The molecule has 0 saturated heterocycles. The number of fused-ring (bicyclic) bond motifs is 8. The molecule has 11 rings (SSSR count). The fourth-order valence-corrected chi connectivity index (χ4v) is 8.02. The van der Waals surface area contributed by atoms with Crippen molar-refractivity contribution in [3.05, 3.63) is 176 Å². The molecule has 0 amide bonds. The van der Waals surface area contributed by atoms with E-state index in [0.29, 0.717) is 0 Å². The van der Waals surface area contributed by atoms with Crippen LogP contribution in [0.25, 0.3) is 88.3 Å². The maximum absolute atomic E-state index is 5.03. The monoisotopic (exact) mass is 639 g/mol. The van der Waals surface area contributed by atoms with E-state index in [0.717, 1.165) is 44.9 Å². The Hall–Kier alpha value is -6.85. The van der Waals surface area contributed by atoms with E-state index in [9.17, 15) is 0 Å². The Morgan fingerprint density at radius 1 is 0.340 bits per heavy atom. The summed E-state index contributed by atoms with van der Waals surface area (Å²) in [5.41, 5.74) is 10.3. The van der Waals surface area contributed by atoms with E-state index in [2.05, 4.69) is 188 Å². The molecule has 5 aromatic heterocycles. The smallest absolute Gasteiger partial charge is 0.139 e. The maximum Gasteiger partial charge on any atom is 0.139 e. The van der Waals surface area contributed by atoms with Gasteiger partial charge >= 0.3 is 0 Å². The van der Waals surface area contributed by atoms with Crippen molar-refractivity contribution in [2.75, 3.05) is 0 Å². The van der Waals surface area contributed by atoms with Crippen LogP contribution >= 0.6 is 0 Å². The summed E-state index contributed by atoms with van der Waals surface area (Å²) in [6, 6.07) is 56.6. The van der Waals surface area contributed by atoms with Crippen LogP contribution in [-0.2, 0) is 0 Å². The number of nitrogens with zero attached hydrogens (tertiary/aromatic N) is 5. The summed E-state index contributed by atoms with van der Waals surface area (Å²) in [6.45, 7) is 0. The first-order chi connectivity index (χ1) is 24.8. The third-order valence-corrected chi connectivity index (χ3v) is 10.3. The number of benzene rings is 6. The first-order valence-electron chi connectivity index (χ1n) is 17.0. The highest BCUT2D eigenvalue weighted by atomic mass is 15.1. The molecule has 0 aliphatic carbocycles. The van der Waals surface area contributed by atoms with Gasteiger partial charge in [-0.15, -0.1) is 0 Å². The van der Waals surface area contributed by atoms with Crippen molar-refractivity contribution >= 4 is 65.4 Å². The number of para-hydroxylation sites is 4. The van der Waals surface area contributed by atoms with Gasteiger partial charge in [-0.2, -0.15) is 0 Å². The lowest BCUT2D eigenvalue weighted by Crippen LogP contribution is -2.01. The van der Waals surface area contributed by atoms with E-state index >= 15 is 0 Å².